The number of rotatable bonds is 8. The Hall–Kier alpha value is -3.01. The van der Waals surface area contributed by atoms with Gasteiger partial charge in [-0.15, -0.1) is 6.42 Å². The van der Waals surface area contributed by atoms with Crippen LogP contribution in [-0.2, 0) is 16.6 Å². The summed E-state index contributed by atoms with van der Waals surface area (Å²) in [7, 11) is -3.49. The molecule has 3 heterocycles. The van der Waals surface area contributed by atoms with Crippen LogP contribution in [0, 0.1) is 18.3 Å². The van der Waals surface area contributed by atoms with Crippen molar-refractivity contribution in [3.8, 4) is 23.8 Å². The van der Waals surface area contributed by atoms with E-state index in [2.05, 4.69) is 25.6 Å². The Morgan fingerprint density at radius 3 is 2.78 bits per heavy atom. The number of nitrogens with zero attached hydrogens (tertiary/aromatic N) is 4. The number of aryl methyl sites for hydroxylation is 1. The Morgan fingerprint density at radius 2 is 2.06 bits per heavy atom. The number of nitrogen functional groups attached to an aromatic ring is 1. The van der Waals surface area contributed by atoms with Gasteiger partial charge in [-0.1, -0.05) is 31.5 Å². The molecule has 2 aromatic heterocycles. The summed E-state index contributed by atoms with van der Waals surface area (Å²) < 4.78 is 40.1. The van der Waals surface area contributed by atoms with E-state index in [0.29, 0.717) is 44.8 Å². The first-order chi connectivity index (χ1) is 15.3. The highest BCUT2D eigenvalue weighted by atomic mass is 32.2. The van der Waals surface area contributed by atoms with Crippen LogP contribution >= 0.6 is 11.8 Å². The monoisotopic (exact) mass is 474 g/mol. The smallest absolute Gasteiger partial charge is 0.231 e. The number of ether oxygens (including phenoxy) is 2. The van der Waals surface area contributed by atoms with Gasteiger partial charge in [0.05, 0.1) is 5.75 Å². The largest absolute Gasteiger partial charge is 0.454 e. The van der Waals surface area contributed by atoms with Crippen LogP contribution in [0.5, 0.6) is 11.5 Å². The van der Waals surface area contributed by atoms with Gasteiger partial charge < -0.3 is 19.8 Å². The third kappa shape index (κ3) is 4.59. The zero-order valence-electron chi connectivity index (χ0n) is 17.5. The molecule has 1 aliphatic rings. The normalized spacial score (nSPS) is 13.1. The Balaban J connectivity index is 1.69. The number of nitrogens with two attached hydrogens (primary N) is 1. The number of aromatic nitrogens is 4. The Kier molecular flexibility index (Phi) is 6.14. The zero-order chi connectivity index (χ0) is 22.9. The van der Waals surface area contributed by atoms with Gasteiger partial charge in [-0.2, -0.15) is 0 Å². The fourth-order valence-electron chi connectivity index (χ4n) is 3.01. The first-order valence-electron chi connectivity index (χ1n) is 9.79. The third-order valence-corrected chi connectivity index (χ3v) is 7.03. The van der Waals surface area contributed by atoms with Crippen molar-refractivity contribution in [2.75, 3.05) is 24.8 Å². The first kappa shape index (κ1) is 22.2. The fraction of sp³-hybridized carbons (Fsp3) is 0.350. The molecule has 1 aromatic carbocycles. The molecular weight excluding hydrogens is 452 g/mol. The highest BCUT2D eigenvalue weighted by Gasteiger charge is 2.22. The van der Waals surface area contributed by atoms with Crippen LogP contribution in [-0.4, -0.2) is 47.0 Å². The van der Waals surface area contributed by atoms with E-state index in [-0.39, 0.29) is 30.8 Å². The van der Waals surface area contributed by atoms with Crippen LogP contribution in [0.2, 0.25) is 0 Å². The third-order valence-electron chi connectivity index (χ3n) is 4.65. The van der Waals surface area contributed by atoms with Crippen molar-refractivity contribution in [3.63, 3.8) is 0 Å². The molecule has 4 rings (SSSR count). The molecule has 0 atom stereocenters. The predicted octanol–water partition coefficient (Wildman–Crippen LogP) is 1.85. The van der Waals surface area contributed by atoms with Crippen LogP contribution < -0.4 is 19.9 Å². The molecule has 0 fully saturated rings. The van der Waals surface area contributed by atoms with E-state index in [1.54, 1.807) is 16.7 Å². The number of hydrogen-bond acceptors (Lipinski definition) is 9. The Bertz CT molecular complexity index is 1310. The van der Waals surface area contributed by atoms with Gasteiger partial charge in [0.2, 0.25) is 16.8 Å². The highest BCUT2D eigenvalue weighted by molar-refractivity contribution is 7.99. The second-order valence-corrected chi connectivity index (χ2v) is 10.4. The summed E-state index contributed by atoms with van der Waals surface area (Å²) in [6.07, 6.45) is 7.01. The second kappa shape index (κ2) is 8.85. The Morgan fingerprint density at radius 1 is 1.31 bits per heavy atom. The molecule has 3 aromatic rings. The van der Waals surface area contributed by atoms with Crippen LogP contribution in [0.25, 0.3) is 11.2 Å². The van der Waals surface area contributed by atoms with Crippen molar-refractivity contribution in [1.29, 1.82) is 0 Å². The average Bonchev–Trinajstić information content (AvgIpc) is 3.35. The molecular formula is C20H22N6O4S2. The van der Waals surface area contributed by atoms with Gasteiger partial charge in [-0.3, -0.25) is 0 Å². The number of nitrogens with one attached hydrogen (secondary N) is 1. The summed E-state index contributed by atoms with van der Waals surface area (Å²) in [6, 6.07) is 3.51. The molecule has 32 heavy (non-hydrogen) atoms. The van der Waals surface area contributed by atoms with E-state index < -0.39 is 10.0 Å². The molecule has 10 nitrogen and oxygen atoms in total. The minimum Gasteiger partial charge on any atom is -0.454 e. The van der Waals surface area contributed by atoms with E-state index >= 15 is 0 Å². The van der Waals surface area contributed by atoms with Crippen LogP contribution in [0.15, 0.2) is 28.5 Å². The number of hydrogen-bond donors (Lipinski definition) is 2. The van der Waals surface area contributed by atoms with Crippen LogP contribution in [0.4, 0.5) is 5.82 Å². The molecule has 0 radical (unpaired) electrons. The molecule has 3 N–H and O–H groups in total. The molecule has 0 bridgehead atoms. The van der Waals surface area contributed by atoms with E-state index in [1.807, 2.05) is 13.8 Å². The molecule has 0 saturated heterocycles. The standard InChI is InChI=1S/C20H22N6O4S2/c1-4-13-7-14-15(30-11-29-14)8-16(13)31-20-25-17-18(21)22-10-23-19(17)26(20)5-6-32(27,28)24-9-12(2)3/h1,7-8,10,12,24H,5-6,9,11H2,2-3H3,(H2,21,22,23). The number of sulfonamides is 1. The summed E-state index contributed by atoms with van der Waals surface area (Å²) in [6.45, 7) is 4.49. The SMILES string of the molecule is C#Cc1cc2c(cc1Sc1nc3c(N)ncnc3n1CCS(=O)(=O)NCC(C)C)OCO2. The lowest BCUT2D eigenvalue weighted by Gasteiger charge is -2.12. The van der Waals surface area contributed by atoms with Crippen molar-refractivity contribution in [2.45, 2.75) is 30.4 Å². The van der Waals surface area contributed by atoms with E-state index in [9.17, 15) is 8.42 Å². The van der Waals surface area contributed by atoms with Gasteiger partial charge in [-0.25, -0.2) is 28.1 Å². The van der Waals surface area contributed by atoms with Crippen molar-refractivity contribution >= 4 is 38.8 Å². The molecule has 0 aliphatic carbocycles. The minimum absolute atomic E-state index is 0.124. The maximum atomic E-state index is 12.5. The van der Waals surface area contributed by atoms with Gasteiger partial charge in [-0.05, 0) is 12.0 Å². The van der Waals surface area contributed by atoms with Crippen LogP contribution in [0.3, 0.4) is 0 Å². The summed E-state index contributed by atoms with van der Waals surface area (Å²) in [5.41, 5.74) is 7.43. The highest BCUT2D eigenvalue weighted by Crippen LogP contribution is 2.41. The van der Waals surface area contributed by atoms with Gasteiger partial charge in [0, 0.05) is 29.6 Å². The van der Waals surface area contributed by atoms with Crippen LogP contribution in [0.1, 0.15) is 19.4 Å². The fourth-order valence-corrected chi connectivity index (χ4v) is 5.18. The lowest BCUT2D eigenvalue weighted by molar-refractivity contribution is 0.174. The lowest BCUT2D eigenvalue weighted by atomic mass is 10.2. The van der Waals surface area contributed by atoms with Gasteiger partial charge in [0.25, 0.3) is 0 Å². The van der Waals surface area contributed by atoms with Crippen molar-refractivity contribution in [1.82, 2.24) is 24.2 Å². The van der Waals surface area contributed by atoms with Crippen molar-refractivity contribution < 1.29 is 17.9 Å². The summed E-state index contributed by atoms with van der Waals surface area (Å²) >= 11 is 1.27. The molecule has 168 valence electrons. The van der Waals surface area contributed by atoms with E-state index in [1.165, 1.54) is 18.1 Å². The lowest BCUT2D eigenvalue weighted by Crippen LogP contribution is -2.31. The molecule has 12 heteroatoms. The quantitative estimate of drug-likeness (QED) is 0.469. The first-order valence-corrected chi connectivity index (χ1v) is 12.3. The maximum absolute atomic E-state index is 12.5. The van der Waals surface area contributed by atoms with Gasteiger partial charge in [0.1, 0.15) is 6.33 Å². The average molecular weight is 475 g/mol. The topological polar surface area (TPSA) is 134 Å². The summed E-state index contributed by atoms with van der Waals surface area (Å²) in [4.78, 5) is 13.5. The molecule has 0 spiro atoms. The number of fused-ring (bicyclic) bond motifs is 2. The number of anilines is 1. The minimum atomic E-state index is -3.49. The summed E-state index contributed by atoms with van der Waals surface area (Å²) in [5.74, 6) is 4.06. The summed E-state index contributed by atoms with van der Waals surface area (Å²) in [5, 5.41) is 0.488. The molecule has 1 aliphatic heterocycles. The molecule has 0 amide bonds. The molecule has 0 saturated carbocycles. The molecule has 0 unspecified atom stereocenters. The number of terminal acetylenes is 1. The van der Waals surface area contributed by atoms with E-state index in [0.717, 1.165) is 0 Å². The second-order valence-electron chi connectivity index (χ2n) is 7.49. The maximum Gasteiger partial charge on any atom is 0.231 e. The van der Waals surface area contributed by atoms with E-state index in [4.69, 9.17) is 21.6 Å². The van der Waals surface area contributed by atoms with Gasteiger partial charge in [0.15, 0.2) is 33.6 Å². The number of benzene rings is 1. The predicted molar refractivity (Wildman–Crippen MR) is 121 cm³/mol. The number of imidazole rings is 1. The van der Waals surface area contributed by atoms with Gasteiger partial charge >= 0.3 is 0 Å². The Labute approximate surface area is 190 Å². The van der Waals surface area contributed by atoms with Crippen molar-refractivity contribution in [3.05, 3.63) is 24.0 Å². The zero-order valence-corrected chi connectivity index (χ0v) is 19.2. The van der Waals surface area contributed by atoms with Crippen molar-refractivity contribution in [2.24, 2.45) is 5.92 Å².